The first kappa shape index (κ1) is 12.2. The van der Waals surface area contributed by atoms with Crippen LogP contribution in [0.15, 0.2) is 42.7 Å². The number of hydrogen-bond donors (Lipinski definition) is 0. The van der Waals surface area contributed by atoms with Crippen molar-refractivity contribution in [3.05, 3.63) is 58.9 Å². The normalized spacial score (nSPS) is 10.2. The van der Waals surface area contributed by atoms with Gasteiger partial charge < -0.3 is 4.74 Å². The van der Waals surface area contributed by atoms with Gasteiger partial charge in [0.25, 0.3) is 0 Å². The van der Waals surface area contributed by atoms with Crippen LogP contribution in [0.4, 0.5) is 0 Å². The zero-order valence-electron chi connectivity index (χ0n) is 9.07. The number of rotatable bonds is 4. The van der Waals surface area contributed by atoms with Gasteiger partial charge in [-0.1, -0.05) is 23.7 Å². The number of benzene rings is 1. The van der Waals surface area contributed by atoms with Crippen LogP contribution >= 0.6 is 23.2 Å². The summed E-state index contributed by atoms with van der Waals surface area (Å²) in [5.74, 6) is 1.03. The van der Waals surface area contributed by atoms with Gasteiger partial charge in [-0.2, -0.15) is 0 Å². The second kappa shape index (κ2) is 5.89. The summed E-state index contributed by atoms with van der Waals surface area (Å²) in [5, 5.41) is 0.581. The number of alkyl halides is 1. The van der Waals surface area contributed by atoms with Crippen molar-refractivity contribution in [2.45, 2.75) is 12.5 Å². The van der Waals surface area contributed by atoms with Gasteiger partial charge in [0.2, 0.25) is 0 Å². The second-order valence-corrected chi connectivity index (χ2v) is 4.18. The molecule has 1 aromatic heterocycles. The van der Waals surface area contributed by atoms with Crippen molar-refractivity contribution in [2.24, 2.45) is 0 Å². The lowest BCUT2D eigenvalue weighted by Gasteiger charge is -2.11. The Bertz CT molecular complexity index is 488. The smallest absolute Gasteiger partial charge is 0.142 e. The number of pyridine rings is 1. The molecule has 0 fully saturated rings. The molecule has 1 aromatic carbocycles. The van der Waals surface area contributed by atoms with Crippen LogP contribution in [0.2, 0.25) is 5.02 Å². The van der Waals surface area contributed by atoms with Crippen LogP contribution in [-0.2, 0) is 12.5 Å². The summed E-state index contributed by atoms with van der Waals surface area (Å²) in [6.45, 7) is 0.455. The largest absolute Gasteiger partial charge is 0.487 e. The predicted octanol–water partition coefficient (Wildman–Crippen LogP) is 4.05. The Morgan fingerprint density at radius 2 is 1.88 bits per heavy atom. The van der Waals surface area contributed by atoms with Crippen molar-refractivity contribution in [1.29, 1.82) is 0 Å². The van der Waals surface area contributed by atoms with Crippen LogP contribution in [-0.4, -0.2) is 4.98 Å². The monoisotopic (exact) mass is 267 g/mol. The van der Waals surface area contributed by atoms with E-state index in [-0.39, 0.29) is 0 Å². The molecule has 0 unspecified atom stereocenters. The molecule has 2 rings (SSSR count). The Kier molecular flexibility index (Phi) is 4.24. The van der Waals surface area contributed by atoms with Gasteiger partial charge in [0, 0.05) is 18.0 Å². The third-order valence-corrected chi connectivity index (χ3v) is 2.91. The fraction of sp³-hybridized carbons (Fsp3) is 0.154. The van der Waals surface area contributed by atoms with E-state index < -0.39 is 0 Å². The molecule has 0 aliphatic rings. The molecule has 4 heteroatoms. The van der Waals surface area contributed by atoms with Crippen LogP contribution in [0.1, 0.15) is 11.1 Å². The van der Waals surface area contributed by atoms with E-state index in [2.05, 4.69) is 4.98 Å². The summed E-state index contributed by atoms with van der Waals surface area (Å²) in [5.41, 5.74) is 1.94. The molecule has 88 valence electrons. The van der Waals surface area contributed by atoms with Crippen LogP contribution in [0.25, 0.3) is 0 Å². The van der Waals surface area contributed by atoms with E-state index in [9.17, 15) is 0 Å². The van der Waals surface area contributed by atoms with Crippen LogP contribution in [0.5, 0.6) is 5.75 Å². The van der Waals surface area contributed by atoms with E-state index in [1.165, 1.54) is 0 Å². The van der Waals surface area contributed by atoms with Crippen LogP contribution in [0, 0.1) is 0 Å². The molecule has 0 N–H and O–H groups in total. The van der Waals surface area contributed by atoms with Crippen molar-refractivity contribution in [3.8, 4) is 5.75 Å². The van der Waals surface area contributed by atoms with Crippen LogP contribution in [0.3, 0.4) is 0 Å². The van der Waals surface area contributed by atoms with Crippen molar-refractivity contribution in [3.63, 3.8) is 0 Å². The third kappa shape index (κ3) is 3.11. The van der Waals surface area contributed by atoms with Gasteiger partial charge in [0.05, 0.1) is 10.9 Å². The van der Waals surface area contributed by atoms with Gasteiger partial charge in [0.1, 0.15) is 12.4 Å². The summed E-state index contributed by atoms with van der Waals surface area (Å²) in [6.07, 6.45) is 3.46. The molecule has 0 aliphatic carbocycles. The van der Waals surface area contributed by atoms with Gasteiger partial charge in [0.15, 0.2) is 0 Å². The molecule has 0 saturated heterocycles. The molecule has 0 bridgehead atoms. The highest BCUT2D eigenvalue weighted by molar-refractivity contribution is 6.32. The molecule has 17 heavy (non-hydrogen) atoms. The Morgan fingerprint density at radius 1 is 1.12 bits per heavy atom. The Morgan fingerprint density at radius 3 is 2.59 bits per heavy atom. The van der Waals surface area contributed by atoms with Gasteiger partial charge in [-0.15, -0.1) is 11.6 Å². The minimum absolute atomic E-state index is 0.381. The average molecular weight is 268 g/mol. The third-order valence-electron chi connectivity index (χ3n) is 2.33. The van der Waals surface area contributed by atoms with E-state index in [1.807, 2.05) is 24.3 Å². The summed E-state index contributed by atoms with van der Waals surface area (Å²) >= 11 is 11.9. The zero-order chi connectivity index (χ0) is 12.1. The first-order valence-electron chi connectivity index (χ1n) is 5.16. The molecule has 2 aromatic rings. The fourth-order valence-electron chi connectivity index (χ4n) is 1.45. The first-order valence-corrected chi connectivity index (χ1v) is 6.07. The van der Waals surface area contributed by atoms with Crippen molar-refractivity contribution in [1.82, 2.24) is 4.98 Å². The summed E-state index contributed by atoms with van der Waals surface area (Å²) < 4.78 is 5.70. The maximum atomic E-state index is 6.08. The van der Waals surface area contributed by atoms with E-state index in [0.717, 1.165) is 11.1 Å². The van der Waals surface area contributed by atoms with Crippen molar-refractivity contribution in [2.75, 3.05) is 0 Å². The standard InChI is InChI=1S/C13H11Cl2NO/c14-8-11-2-1-3-12(15)13(11)17-9-10-4-6-16-7-5-10/h1-7H,8-9H2. The van der Waals surface area contributed by atoms with E-state index >= 15 is 0 Å². The molecule has 0 amide bonds. The molecule has 0 atom stereocenters. The average Bonchev–Trinajstić information content (AvgIpc) is 2.38. The number of aromatic nitrogens is 1. The maximum Gasteiger partial charge on any atom is 0.142 e. The van der Waals surface area contributed by atoms with Gasteiger partial charge in [-0.3, -0.25) is 4.98 Å². The van der Waals surface area contributed by atoms with E-state index in [0.29, 0.717) is 23.3 Å². The number of nitrogens with zero attached hydrogens (tertiary/aromatic N) is 1. The molecule has 0 saturated carbocycles. The first-order chi connectivity index (χ1) is 8.31. The molecule has 2 nitrogen and oxygen atoms in total. The summed E-state index contributed by atoms with van der Waals surface area (Å²) in [6, 6.07) is 9.36. The summed E-state index contributed by atoms with van der Waals surface area (Å²) in [7, 11) is 0. The van der Waals surface area contributed by atoms with E-state index in [1.54, 1.807) is 18.5 Å². The van der Waals surface area contributed by atoms with E-state index in [4.69, 9.17) is 27.9 Å². The molecular formula is C13H11Cl2NO. The second-order valence-electron chi connectivity index (χ2n) is 3.51. The van der Waals surface area contributed by atoms with Gasteiger partial charge >= 0.3 is 0 Å². The highest BCUT2D eigenvalue weighted by Gasteiger charge is 2.07. The highest BCUT2D eigenvalue weighted by Crippen LogP contribution is 2.30. The number of ether oxygens (including phenoxy) is 1. The zero-order valence-corrected chi connectivity index (χ0v) is 10.6. The lowest BCUT2D eigenvalue weighted by atomic mass is 10.2. The Labute approximate surface area is 110 Å². The minimum Gasteiger partial charge on any atom is -0.487 e. The molecule has 0 radical (unpaired) electrons. The summed E-state index contributed by atoms with van der Waals surface area (Å²) in [4.78, 5) is 3.95. The molecule has 1 heterocycles. The lowest BCUT2D eigenvalue weighted by Crippen LogP contribution is -1.98. The lowest BCUT2D eigenvalue weighted by molar-refractivity contribution is 0.304. The Balaban J connectivity index is 2.14. The molecular weight excluding hydrogens is 257 g/mol. The molecule has 0 spiro atoms. The number of para-hydroxylation sites is 1. The number of halogens is 2. The topological polar surface area (TPSA) is 22.1 Å². The fourth-order valence-corrected chi connectivity index (χ4v) is 1.91. The van der Waals surface area contributed by atoms with Gasteiger partial charge in [-0.25, -0.2) is 0 Å². The van der Waals surface area contributed by atoms with Crippen molar-refractivity contribution >= 4 is 23.2 Å². The quantitative estimate of drug-likeness (QED) is 0.780. The SMILES string of the molecule is ClCc1cccc(Cl)c1OCc1ccncc1. The highest BCUT2D eigenvalue weighted by atomic mass is 35.5. The van der Waals surface area contributed by atoms with Crippen LogP contribution < -0.4 is 4.74 Å². The molecule has 0 aliphatic heterocycles. The predicted molar refractivity (Wildman–Crippen MR) is 69.6 cm³/mol. The van der Waals surface area contributed by atoms with Crippen molar-refractivity contribution < 1.29 is 4.74 Å². The number of hydrogen-bond acceptors (Lipinski definition) is 2. The maximum absolute atomic E-state index is 6.08. The Hall–Kier alpha value is -1.25. The van der Waals surface area contributed by atoms with Gasteiger partial charge in [-0.05, 0) is 23.8 Å². The minimum atomic E-state index is 0.381.